The van der Waals surface area contributed by atoms with Gasteiger partial charge in [-0.05, 0) is 30.3 Å². The third-order valence-electron chi connectivity index (χ3n) is 2.64. The van der Waals surface area contributed by atoms with Crippen molar-refractivity contribution in [3.05, 3.63) is 53.8 Å². The third kappa shape index (κ3) is 2.25. The highest BCUT2D eigenvalue weighted by atomic mass is 19.2. The molecule has 2 aromatic rings. The molecule has 0 fully saturated rings. The fourth-order valence-electron chi connectivity index (χ4n) is 1.66. The Morgan fingerprint density at radius 1 is 0.944 bits per heavy atom. The van der Waals surface area contributed by atoms with Crippen LogP contribution in [-0.2, 0) is 0 Å². The second-order valence-electron chi connectivity index (χ2n) is 3.86. The van der Waals surface area contributed by atoms with Gasteiger partial charge in [0.25, 0.3) is 0 Å². The molecule has 2 nitrogen and oxygen atoms in total. The molecule has 0 amide bonds. The van der Waals surface area contributed by atoms with E-state index in [1.165, 1.54) is 24.3 Å². The molecule has 94 valence electrons. The second kappa shape index (κ2) is 4.60. The van der Waals surface area contributed by atoms with Crippen LogP contribution < -0.4 is 10.6 Å². The molecule has 0 aliphatic heterocycles. The molecule has 2 aromatic carbocycles. The van der Waals surface area contributed by atoms with Crippen LogP contribution >= 0.6 is 0 Å². The molecule has 0 aliphatic carbocycles. The largest absolute Gasteiger partial charge is 0.397 e. The number of nitrogens with two attached hydrogens (primary N) is 1. The van der Waals surface area contributed by atoms with E-state index in [9.17, 15) is 13.2 Å². The summed E-state index contributed by atoms with van der Waals surface area (Å²) in [5, 5.41) is 0. The predicted molar refractivity (Wildman–Crippen MR) is 65.2 cm³/mol. The fourth-order valence-corrected chi connectivity index (χ4v) is 1.66. The molecule has 2 N–H and O–H groups in total. The quantitative estimate of drug-likeness (QED) is 0.829. The number of hydrogen-bond donors (Lipinski definition) is 1. The summed E-state index contributed by atoms with van der Waals surface area (Å²) in [6, 6.07) is 7.40. The van der Waals surface area contributed by atoms with Gasteiger partial charge in [-0.3, -0.25) is 0 Å². The van der Waals surface area contributed by atoms with E-state index in [1.54, 1.807) is 11.9 Å². The maximum Gasteiger partial charge on any atom is 0.160 e. The molecule has 0 radical (unpaired) electrons. The van der Waals surface area contributed by atoms with E-state index in [-0.39, 0.29) is 5.69 Å². The Kier molecular flexibility index (Phi) is 3.14. The lowest BCUT2D eigenvalue weighted by molar-refractivity contribution is 0.509. The molecule has 0 saturated carbocycles. The number of halogens is 3. The summed E-state index contributed by atoms with van der Waals surface area (Å²) in [6.07, 6.45) is 0. The molecular formula is C13H11F3N2. The Morgan fingerprint density at radius 3 is 2.28 bits per heavy atom. The lowest BCUT2D eigenvalue weighted by atomic mass is 10.2. The average Bonchev–Trinajstić information content (AvgIpc) is 2.32. The van der Waals surface area contributed by atoms with E-state index in [0.717, 1.165) is 12.1 Å². The Bertz CT molecular complexity index is 584. The molecule has 0 atom stereocenters. The summed E-state index contributed by atoms with van der Waals surface area (Å²) in [4.78, 5) is 1.55. The highest BCUT2D eigenvalue weighted by molar-refractivity contribution is 5.74. The van der Waals surface area contributed by atoms with Crippen LogP contribution in [0.1, 0.15) is 0 Å². The molecule has 0 bridgehead atoms. The van der Waals surface area contributed by atoms with Crippen LogP contribution in [0.3, 0.4) is 0 Å². The van der Waals surface area contributed by atoms with Gasteiger partial charge in [0.15, 0.2) is 11.6 Å². The van der Waals surface area contributed by atoms with Crippen LogP contribution in [0.25, 0.3) is 0 Å². The van der Waals surface area contributed by atoms with Crippen LogP contribution in [0.15, 0.2) is 36.4 Å². The minimum Gasteiger partial charge on any atom is -0.397 e. The summed E-state index contributed by atoms with van der Waals surface area (Å²) < 4.78 is 38.9. The molecule has 18 heavy (non-hydrogen) atoms. The number of nitrogen functional groups attached to an aromatic ring is 1. The summed E-state index contributed by atoms with van der Waals surface area (Å²) in [5.74, 6) is -2.31. The molecule has 0 aromatic heterocycles. The Hall–Kier alpha value is -2.17. The van der Waals surface area contributed by atoms with Gasteiger partial charge in [-0.1, -0.05) is 0 Å². The number of nitrogens with zero attached hydrogens (tertiary/aromatic N) is 1. The van der Waals surface area contributed by atoms with Gasteiger partial charge in [0, 0.05) is 18.8 Å². The lowest BCUT2D eigenvalue weighted by Gasteiger charge is -2.21. The topological polar surface area (TPSA) is 29.3 Å². The van der Waals surface area contributed by atoms with E-state index in [4.69, 9.17) is 5.73 Å². The van der Waals surface area contributed by atoms with E-state index in [2.05, 4.69) is 0 Å². The Labute approximate surface area is 102 Å². The minimum atomic E-state index is -0.944. The molecule has 0 aliphatic rings. The van der Waals surface area contributed by atoms with Crippen molar-refractivity contribution in [2.45, 2.75) is 0 Å². The number of rotatable bonds is 2. The van der Waals surface area contributed by atoms with Gasteiger partial charge in [0.05, 0.1) is 11.4 Å². The van der Waals surface area contributed by atoms with E-state index in [1.807, 2.05) is 0 Å². The first-order chi connectivity index (χ1) is 8.49. The van der Waals surface area contributed by atoms with Gasteiger partial charge in [-0.25, -0.2) is 13.2 Å². The highest BCUT2D eigenvalue weighted by Crippen LogP contribution is 2.30. The van der Waals surface area contributed by atoms with Crippen molar-refractivity contribution in [3.63, 3.8) is 0 Å². The molecular weight excluding hydrogens is 241 g/mol. The van der Waals surface area contributed by atoms with Crippen LogP contribution in [0.4, 0.5) is 30.2 Å². The average molecular weight is 252 g/mol. The van der Waals surface area contributed by atoms with Crippen molar-refractivity contribution in [1.82, 2.24) is 0 Å². The second-order valence-corrected chi connectivity index (χ2v) is 3.86. The van der Waals surface area contributed by atoms with Gasteiger partial charge in [0.1, 0.15) is 5.82 Å². The van der Waals surface area contributed by atoms with E-state index < -0.39 is 17.5 Å². The van der Waals surface area contributed by atoms with Crippen molar-refractivity contribution in [2.75, 3.05) is 17.7 Å². The van der Waals surface area contributed by atoms with Crippen molar-refractivity contribution >= 4 is 17.1 Å². The van der Waals surface area contributed by atoms with E-state index >= 15 is 0 Å². The van der Waals surface area contributed by atoms with Crippen molar-refractivity contribution in [1.29, 1.82) is 0 Å². The van der Waals surface area contributed by atoms with Crippen LogP contribution in [0.5, 0.6) is 0 Å². The molecule has 0 saturated heterocycles. The normalized spacial score (nSPS) is 10.4. The standard InChI is InChI=1S/C13H11F3N2/c1-18(9-3-4-10(15)11(16)7-9)13-5-2-8(14)6-12(13)17/h2-7H,17H2,1H3. The maximum atomic E-state index is 13.1. The van der Waals surface area contributed by atoms with Gasteiger partial charge in [-0.15, -0.1) is 0 Å². The van der Waals surface area contributed by atoms with Gasteiger partial charge in [-0.2, -0.15) is 0 Å². The summed E-state index contributed by atoms with van der Waals surface area (Å²) in [5.41, 5.74) is 6.84. The molecule has 2 rings (SSSR count). The fraction of sp³-hybridized carbons (Fsp3) is 0.0769. The van der Waals surface area contributed by atoms with Crippen molar-refractivity contribution in [2.24, 2.45) is 0 Å². The van der Waals surface area contributed by atoms with Gasteiger partial charge < -0.3 is 10.6 Å². The highest BCUT2D eigenvalue weighted by Gasteiger charge is 2.10. The number of hydrogen-bond acceptors (Lipinski definition) is 2. The number of benzene rings is 2. The monoisotopic (exact) mass is 252 g/mol. The van der Waals surface area contributed by atoms with Gasteiger partial charge >= 0.3 is 0 Å². The Balaban J connectivity index is 2.41. The third-order valence-corrected chi connectivity index (χ3v) is 2.64. The summed E-state index contributed by atoms with van der Waals surface area (Å²) >= 11 is 0. The zero-order valence-electron chi connectivity index (χ0n) is 9.62. The lowest BCUT2D eigenvalue weighted by Crippen LogP contribution is -2.12. The molecule has 0 unspecified atom stereocenters. The van der Waals surface area contributed by atoms with Crippen LogP contribution in [-0.4, -0.2) is 7.05 Å². The number of anilines is 3. The van der Waals surface area contributed by atoms with Crippen molar-refractivity contribution < 1.29 is 13.2 Å². The molecule has 0 spiro atoms. The SMILES string of the molecule is CN(c1ccc(F)c(F)c1)c1ccc(F)cc1N. The first kappa shape index (κ1) is 12.3. The first-order valence-electron chi connectivity index (χ1n) is 5.23. The zero-order valence-corrected chi connectivity index (χ0v) is 9.62. The minimum absolute atomic E-state index is 0.224. The van der Waals surface area contributed by atoms with E-state index in [0.29, 0.717) is 11.4 Å². The summed E-state index contributed by atoms with van der Waals surface area (Å²) in [7, 11) is 1.64. The molecule has 0 heterocycles. The first-order valence-corrected chi connectivity index (χ1v) is 5.23. The summed E-state index contributed by atoms with van der Waals surface area (Å²) in [6.45, 7) is 0. The maximum absolute atomic E-state index is 13.1. The smallest absolute Gasteiger partial charge is 0.160 e. The zero-order chi connectivity index (χ0) is 13.3. The van der Waals surface area contributed by atoms with Crippen molar-refractivity contribution in [3.8, 4) is 0 Å². The van der Waals surface area contributed by atoms with Gasteiger partial charge in [0.2, 0.25) is 0 Å². The molecule has 5 heteroatoms. The Morgan fingerprint density at radius 2 is 1.67 bits per heavy atom. The predicted octanol–water partition coefficient (Wildman–Crippen LogP) is 3.45. The van der Waals surface area contributed by atoms with Crippen LogP contribution in [0.2, 0.25) is 0 Å². The van der Waals surface area contributed by atoms with Crippen LogP contribution in [0, 0.1) is 17.5 Å².